The fraction of sp³-hybridized carbons (Fsp3) is 0.526. The average molecular weight is 396 g/mol. The molecule has 0 bridgehead atoms. The standard InChI is InChI=1S/C19H26FN3O3S/c1-12(13-9-7-8-10-14(13)20)27-11-15-21-16(23-26-15)19(5,6)22-17(24)25-18(2,3)4/h7-10,12H,11H2,1-6H3,(H,22,24). The maximum absolute atomic E-state index is 13.8. The summed E-state index contributed by atoms with van der Waals surface area (Å²) in [7, 11) is 0. The number of rotatable bonds is 6. The summed E-state index contributed by atoms with van der Waals surface area (Å²) in [6.45, 7) is 10.8. The van der Waals surface area contributed by atoms with Gasteiger partial charge in [0.05, 0.1) is 5.75 Å². The molecule has 0 spiro atoms. The lowest BCUT2D eigenvalue weighted by Gasteiger charge is -2.26. The summed E-state index contributed by atoms with van der Waals surface area (Å²) >= 11 is 1.49. The Hall–Kier alpha value is -2.09. The summed E-state index contributed by atoms with van der Waals surface area (Å²) in [5, 5.41) is 6.64. The van der Waals surface area contributed by atoms with Crippen molar-refractivity contribution in [3.05, 3.63) is 47.4 Å². The Balaban J connectivity index is 1.97. The van der Waals surface area contributed by atoms with E-state index in [1.165, 1.54) is 17.8 Å². The first-order valence-corrected chi connectivity index (χ1v) is 9.73. The van der Waals surface area contributed by atoms with Crippen LogP contribution >= 0.6 is 11.8 Å². The van der Waals surface area contributed by atoms with E-state index in [0.717, 1.165) is 0 Å². The molecule has 0 radical (unpaired) electrons. The largest absolute Gasteiger partial charge is 0.444 e. The lowest BCUT2D eigenvalue weighted by atomic mass is 10.1. The molecule has 0 saturated carbocycles. The molecule has 0 aliphatic carbocycles. The highest BCUT2D eigenvalue weighted by atomic mass is 32.2. The van der Waals surface area contributed by atoms with Gasteiger partial charge < -0.3 is 14.6 Å². The minimum atomic E-state index is -0.855. The Labute approximate surface area is 163 Å². The van der Waals surface area contributed by atoms with Gasteiger partial charge in [-0.05, 0) is 47.6 Å². The van der Waals surface area contributed by atoms with E-state index in [9.17, 15) is 9.18 Å². The quantitative estimate of drug-likeness (QED) is 0.745. The molecule has 8 heteroatoms. The number of amides is 1. The molecule has 0 saturated heterocycles. The van der Waals surface area contributed by atoms with E-state index < -0.39 is 17.2 Å². The molecule has 2 rings (SSSR count). The van der Waals surface area contributed by atoms with Gasteiger partial charge in [0.15, 0.2) is 5.82 Å². The molecule has 148 valence electrons. The van der Waals surface area contributed by atoms with Crippen molar-refractivity contribution in [2.45, 2.75) is 63.7 Å². The van der Waals surface area contributed by atoms with Crippen LogP contribution in [0.3, 0.4) is 0 Å². The first-order chi connectivity index (χ1) is 12.5. The smallest absolute Gasteiger partial charge is 0.408 e. The molecule has 1 heterocycles. The predicted molar refractivity (Wildman–Crippen MR) is 103 cm³/mol. The molecule has 1 N–H and O–H groups in total. The van der Waals surface area contributed by atoms with Crippen LogP contribution in [0.15, 0.2) is 28.8 Å². The zero-order valence-electron chi connectivity index (χ0n) is 16.5. The van der Waals surface area contributed by atoms with E-state index in [0.29, 0.717) is 23.0 Å². The first-order valence-electron chi connectivity index (χ1n) is 8.68. The van der Waals surface area contributed by atoms with E-state index in [-0.39, 0.29) is 11.1 Å². The van der Waals surface area contributed by atoms with Gasteiger partial charge in [-0.3, -0.25) is 0 Å². The van der Waals surface area contributed by atoms with Crippen molar-refractivity contribution >= 4 is 17.9 Å². The highest BCUT2D eigenvalue weighted by molar-refractivity contribution is 7.98. The summed E-state index contributed by atoms with van der Waals surface area (Å²) in [6, 6.07) is 6.69. The summed E-state index contributed by atoms with van der Waals surface area (Å²) < 4.78 is 24.4. The van der Waals surface area contributed by atoms with Gasteiger partial charge in [0.25, 0.3) is 0 Å². The van der Waals surface area contributed by atoms with Crippen molar-refractivity contribution in [3.63, 3.8) is 0 Å². The number of hydrogen-bond acceptors (Lipinski definition) is 6. The van der Waals surface area contributed by atoms with Crippen LogP contribution < -0.4 is 5.32 Å². The molecular formula is C19H26FN3O3S. The number of carbonyl (C=O) groups excluding carboxylic acids is 1. The normalized spacial score (nSPS) is 13.3. The summed E-state index contributed by atoms with van der Waals surface area (Å²) in [4.78, 5) is 16.4. The van der Waals surface area contributed by atoms with Crippen LogP contribution in [-0.4, -0.2) is 21.8 Å². The van der Waals surface area contributed by atoms with Gasteiger partial charge in [-0.2, -0.15) is 4.98 Å². The number of thioether (sulfide) groups is 1. The fourth-order valence-corrected chi connectivity index (χ4v) is 3.15. The van der Waals surface area contributed by atoms with Crippen molar-refractivity contribution in [1.29, 1.82) is 0 Å². The number of alkyl carbamates (subject to hydrolysis) is 1. The average Bonchev–Trinajstić information content (AvgIpc) is 3.00. The van der Waals surface area contributed by atoms with Gasteiger partial charge in [0.1, 0.15) is 17.0 Å². The molecule has 2 aromatic rings. The Morgan fingerprint density at radius 3 is 2.59 bits per heavy atom. The maximum Gasteiger partial charge on any atom is 0.408 e. The monoisotopic (exact) mass is 395 g/mol. The predicted octanol–water partition coefficient (Wildman–Crippen LogP) is 4.96. The molecule has 1 aromatic carbocycles. The number of nitrogens with one attached hydrogen (secondary N) is 1. The summed E-state index contributed by atoms with van der Waals surface area (Å²) in [5.41, 5.74) is -0.817. The lowest BCUT2D eigenvalue weighted by Crippen LogP contribution is -2.44. The molecule has 1 aromatic heterocycles. The van der Waals surface area contributed by atoms with Crippen LogP contribution in [0.25, 0.3) is 0 Å². The highest BCUT2D eigenvalue weighted by Crippen LogP contribution is 2.32. The lowest BCUT2D eigenvalue weighted by molar-refractivity contribution is 0.0465. The van der Waals surface area contributed by atoms with Crippen molar-refractivity contribution < 1.29 is 18.4 Å². The van der Waals surface area contributed by atoms with Crippen molar-refractivity contribution in [3.8, 4) is 0 Å². The fourth-order valence-electron chi connectivity index (χ4n) is 2.27. The summed E-state index contributed by atoms with van der Waals surface area (Å²) in [6.07, 6.45) is -0.554. The zero-order chi connectivity index (χ0) is 20.2. The van der Waals surface area contributed by atoms with Gasteiger partial charge in [0, 0.05) is 10.8 Å². The van der Waals surface area contributed by atoms with Gasteiger partial charge in [-0.15, -0.1) is 11.8 Å². The minimum absolute atomic E-state index is 0.0607. The van der Waals surface area contributed by atoms with Gasteiger partial charge >= 0.3 is 6.09 Å². The van der Waals surface area contributed by atoms with Gasteiger partial charge in [-0.1, -0.05) is 23.4 Å². The molecule has 1 unspecified atom stereocenters. The zero-order valence-corrected chi connectivity index (χ0v) is 17.3. The maximum atomic E-state index is 13.8. The van der Waals surface area contributed by atoms with Crippen LogP contribution in [0, 0.1) is 5.82 Å². The molecule has 0 aliphatic heterocycles. The van der Waals surface area contributed by atoms with Gasteiger partial charge in [-0.25, -0.2) is 9.18 Å². The Morgan fingerprint density at radius 1 is 1.30 bits per heavy atom. The third-order valence-corrected chi connectivity index (χ3v) is 4.81. The van der Waals surface area contributed by atoms with E-state index in [4.69, 9.17) is 9.26 Å². The number of benzene rings is 1. The van der Waals surface area contributed by atoms with Crippen LogP contribution in [-0.2, 0) is 16.0 Å². The SMILES string of the molecule is CC(SCc1nc(C(C)(C)NC(=O)OC(C)(C)C)no1)c1ccccc1F. The number of hydrogen-bond donors (Lipinski definition) is 1. The van der Waals surface area contributed by atoms with Crippen molar-refractivity contribution in [1.82, 2.24) is 15.5 Å². The van der Waals surface area contributed by atoms with Crippen LogP contribution in [0.5, 0.6) is 0 Å². The highest BCUT2D eigenvalue weighted by Gasteiger charge is 2.31. The molecule has 6 nitrogen and oxygen atoms in total. The Morgan fingerprint density at radius 2 is 1.96 bits per heavy atom. The second-order valence-electron chi connectivity index (χ2n) is 7.74. The third kappa shape index (κ3) is 6.23. The number of ether oxygens (including phenoxy) is 1. The third-order valence-electron chi connectivity index (χ3n) is 3.64. The molecule has 1 amide bonds. The van der Waals surface area contributed by atoms with E-state index in [1.807, 2.05) is 13.0 Å². The van der Waals surface area contributed by atoms with Crippen LogP contribution in [0.4, 0.5) is 9.18 Å². The molecular weight excluding hydrogens is 369 g/mol. The number of halogens is 1. The number of aromatic nitrogens is 2. The minimum Gasteiger partial charge on any atom is -0.444 e. The van der Waals surface area contributed by atoms with Gasteiger partial charge in [0.2, 0.25) is 5.89 Å². The second kappa shape index (κ2) is 8.29. The Kier molecular flexibility index (Phi) is 6.51. The summed E-state index contributed by atoms with van der Waals surface area (Å²) in [5.74, 6) is 0.969. The molecule has 1 atom stereocenters. The molecule has 27 heavy (non-hydrogen) atoms. The molecule has 0 fully saturated rings. The number of carbonyl (C=O) groups is 1. The molecule has 0 aliphatic rings. The topological polar surface area (TPSA) is 77.2 Å². The van der Waals surface area contributed by atoms with Crippen LogP contribution in [0.2, 0.25) is 0 Å². The van der Waals surface area contributed by atoms with Crippen molar-refractivity contribution in [2.75, 3.05) is 0 Å². The van der Waals surface area contributed by atoms with E-state index in [2.05, 4.69) is 15.5 Å². The second-order valence-corrected chi connectivity index (χ2v) is 9.07. The van der Waals surface area contributed by atoms with Crippen LogP contribution in [0.1, 0.15) is 64.1 Å². The van der Waals surface area contributed by atoms with Crippen molar-refractivity contribution in [2.24, 2.45) is 0 Å². The Bertz CT molecular complexity index is 787. The first kappa shape index (κ1) is 21.2. The number of nitrogens with zero attached hydrogens (tertiary/aromatic N) is 2. The van der Waals surface area contributed by atoms with E-state index >= 15 is 0 Å². The van der Waals surface area contributed by atoms with E-state index in [1.54, 1.807) is 46.8 Å².